The summed E-state index contributed by atoms with van der Waals surface area (Å²) in [6, 6.07) is 18.0. The minimum Gasteiger partial charge on any atom is -0.492 e. The van der Waals surface area contributed by atoms with E-state index in [0.717, 1.165) is 36.1 Å². The van der Waals surface area contributed by atoms with Crippen molar-refractivity contribution in [3.05, 3.63) is 67.0 Å². The van der Waals surface area contributed by atoms with Gasteiger partial charge in [0, 0.05) is 18.4 Å². The Morgan fingerprint density at radius 2 is 1.69 bits per heavy atom. The second-order valence-electron chi connectivity index (χ2n) is 6.12. The van der Waals surface area contributed by atoms with E-state index in [4.69, 9.17) is 9.47 Å². The van der Waals surface area contributed by atoms with Crippen molar-refractivity contribution >= 4 is 12.4 Å². The smallest absolute Gasteiger partial charge is 0.127 e. The van der Waals surface area contributed by atoms with Crippen LogP contribution in [0.5, 0.6) is 17.2 Å². The standard InChI is InChI=1S/C20H21N3O2.ClH/c1-3-16(21-12-1)15-24-18-8-10-20(11-9-18)25-19-6-4-17(5-7-19)23-14-2-13-22-23;/h2,4-11,13-14,16,21H,1,3,12,15H2;1H/t16-;/m1./s1. The van der Waals surface area contributed by atoms with Crippen LogP contribution in [0.4, 0.5) is 0 Å². The predicted octanol–water partition coefficient (Wildman–Crippen LogP) is 4.22. The van der Waals surface area contributed by atoms with Crippen molar-refractivity contribution in [1.29, 1.82) is 0 Å². The molecule has 1 aliphatic rings. The van der Waals surface area contributed by atoms with Crippen LogP contribution in [0.25, 0.3) is 5.69 Å². The quantitative estimate of drug-likeness (QED) is 0.704. The lowest BCUT2D eigenvalue weighted by Crippen LogP contribution is -2.28. The Morgan fingerprint density at radius 1 is 1.00 bits per heavy atom. The van der Waals surface area contributed by atoms with Crippen molar-refractivity contribution in [1.82, 2.24) is 15.1 Å². The van der Waals surface area contributed by atoms with Crippen LogP contribution < -0.4 is 14.8 Å². The third-order valence-corrected chi connectivity index (χ3v) is 4.28. The van der Waals surface area contributed by atoms with E-state index >= 15 is 0 Å². The first-order valence-corrected chi connectivity index (χ1v) is 8.61. The van der Waals surface area contributed by atoms with Gasteiger partial charge < -0.3 is 14.8 Å². The summed E-state index contributed by atoms with van der Waals surface area (Å²) in [5.41, 5.74) is 1.00. The van der Waals surface area contributed by atoms with E-state index in [1.54, 1.807) is 6.20 Å². The van der Waals surface area contributed by atoms with Crippen LogP contribution in [0.15, 0.2) is 67.0 Å². The highest BCUT2D eigenvalue weighted by Gasteiger charge is 2.14. The number of aromatic nitrogens is 2. The van der Waals surface area contributed by atoms with Gasteiger partial charge in [-0.1, -0.05) is 0 Å². The summed E-state index contributed by atoms with van der Waals surface area (Å²) in [4.78, 5) is 0. The fraction of sp³-hybridized carbons (Fsp3) is 0.250. The summed E-state index contributed by atoms with van der Waals surface area (Å²) in [6.45, 7) is 1.81. The molecule has 1 N–H and O–H groups in total. The summed E-state index contributed by atoms with van der Waals surface area (Å²) >= 11 is 0. The van der Waals surface area contributed by atoms with Crippen LogP contribution in [0.2, 0.25) is 0 Å². The summed E-state index contributed by atoms with van der Waals surface area (Å²) in [5, 5.41) is 7.64. The molecule has 0 unspecified atom stereocenters. The van der Waals surface area contributed by atoms with E-state index in [0.29, 0.717) is 6.04 Å². The van der Waals surface area contributed by atoms with Crippen molar-refractivity contribution in [3.8, 4) is 22.9 Å². The molecular formula is C20H22ClN3O2. The van der Waals surface area contributed by atoms with Crippen molar-refractivity contribution in [2.75, 3.05) is 13.2 Å². The average molecular weight is 372 g/mol. The van der Waals surface area contributed by atoms with E-state index in [1.807, 2.05) is 65.5 Å². The molecule has 4 rings (SSSR count). The SMILES string of the molecule is Cl.c1cnn(-c2ccc(Oc3ccc(OC[C@H]4CCCN4)cc3)cc2)c1. The zero-order chi connectivity index (χ0) is 16.9. The van der Waals surface area contributed by atoms with Crippen molar-refractivity contribution in [2.24, 2.45) is 0 Å². The van der Waals surface area contributed by atoms with Gasteiger partial charge in [0.15, 0.2) is 0 Å². The van der Waals surface area contributed by atoms with E-state index in [9.17, 15) is 0 Å². The molecule has 1 saturated heterocycles. The topological polar surface area (TPSA) is 48.3 Å². The van der Waals surface area contributed by atoms with Crippen LogP contribution in [0, 0.1) is 0 Å². The molecule has 26 heavy (non-hydrogen) atoms. The maximum Gasteiger partial charge on any atom is 0.127 e. The molecule has 2 aromatic carbocycles. The monoisotopic (exact) mass is 371 g/mol. The third kappa shape index (κ3) is 4.56. The van der Waals surface area contributed by atoms with Crippen LogP contribution in [0.3, 0.4) is 0 Å². The summed E-state index contributed by atoms with van der Waals surface area (Å²) < 4.78 is 13.5. The van der Waals surface area contributed by atoms with Gasteiger partial charge in [-0.25, -0.2) is 4.68 Å². The average Bonchev–Trinajstić information content (AvgIpc) is 3.36. The molecule has 0 radical (unpaired) electrons. The molecule has 1 aromatic heterocycles. The molecule has 1 fully saturated rings. The Morgan fingerprint density at radius 3 is 2.31 bits per heavy atom. The number of halogens is 1. The Balaban J connectivity index is 0.00000196. The lowest BCUT2D eigenvalue weighted by Gasteiger charge is -2.12. The number of hydrogen-bond donors (Lipinski definition) is 1. The second-order valence-corrected chi connectivity index (χ2v) is 6.12. The Hall–Kier alpha value is -2.50. The number of hydrogen-bond acceptors (Lipinski definition) is 4. The van der Waals surface area contributed by atoms with Gasteiger partial charge in [-0.05, 0) is 74.0 Å². The predicted molar refractivity (Wildman–Crippen MR) is 104 cm³/mol. The zero-order valence-electron chi connectivity index (χ0n) is 14.4. The molecule has 2 heterocycles. The number of rotatable bonds is 6. The molecule has 1 atom stereocenters. The molecule has 3 aromatic rings. The van der Waals surface area contributed by atoms with E-state index < -0.39 is 0 Å². The Labute approximate surface area is 159 Å². The fourth-order valence-electron chi connectivity index (χ4n) is 2.92. The van der Waals surface area contributed by atoms with Gasteiger partial charge in [0.2, 0.25) is 0 Å². The second kappa shape index (κ2) is 8.74. The first-order chi connectivity index (χ1) is 12.4. The highest BCUT2D eigenvalue weighted by atomic mass is 35.5. The molecule has 6 heteroatoms. The highest BCUT2D eigenvalue weighted by molar-refractivity contribution is 5.85. The summed E-state index contributed by atoms with van der Waals surface area (Å²) in [5.74, 6) is 2.45. The van der Waals surface area contributed by atoms with Gasteiger partial charge in [0.25, 0.3) is 0 Å². The van der Waals surface area contributed by atoms with Gasteiger partial charge in [-0.15, -0.1) is 12.4 Å². The third-order valence-electron chi connectivity index (χ3n) is 4.28. The van der Waals surface area contributed by atoms with Crippen LogP contribution in [-0.4, -0.2) is 29.0 Å². The molecule has 0 amide bonds. The first kappa shape index (κ1) is 18.3. The van der Waals surface area contributed by atoms with Crippen molar-refractivity contribution in [2.45, 2.75) is 18.9 Å². The molecule has 0 saturated carbocycles. The van der Waals surface area contributed by atoms with E-state index in [2.05, 4.69) is 10.4 Å². The van der Waals surface area contributed by atoms with Gasteiger partial charge in [-0.3, -0.25) is 0 Å². The number of ether oxygens (including phenoxy) is 2. The van der Waals surface area contributed by atoms with E-state index in [1.165, 1.54) is 12.8 Å². The lowest BCUT2D eigenvalue weighted by atomic mass is 10.2. The molecule has 1 aliphatic heterocycles. The minimum absolute atomic E-state index is 0. The highest BCUT2D eigenvalue weighted by Crippen LogP contribution is 2.25. The lowest BCUT2D eigenvalue weighted by molar-refractivity contribution is 0.277. The van der Waals surface area contributed by atoms with Crippen LogP contribution in [0.1, 0.15) is 12.8 Å². The normalized spacial score (nSPS) is 16.1. The zero-order valence-corrected chi connectivity index (χ0v) is 15.2. The molecular weight excluding hydrogens is 350 g/mol. The van der Waals surface area contributed by atoms with E-state index in [-0.39, 0.29) is 12.4 Å². The van der Waals surface area contributed by atoms with Crippen LogP contribution >= 0.6 is 12.4 Å². The van der Waals surface area contributed by atoms with Crippen LogP contribution in [-0.2, 0) is 0 Å². The van der Waals surface area contributed by atoms with Crippen molar-refractivity contribution < 1.29 is 9.47 Å². The Kier molecular flexibility index (Phi) is 6.15. The van der Waals surface area contributed by atoms with Gasteiger partial charge in [-0.2, -0.15) is 5.10 Å². The van der Waals surface area contributed by atoms with Gasteiger partial charge in [0.1, 0.15) is 23.9 Å². The number of nitrogens with one attached hydrogen (secondary N) is 1. The van der Waals surface area contributed by atoms with Crippen molar-refractivity contribution in [3.63, 3.8) is 0 Å². The Bertz CT molecular complexity index is 783. The minimum atomic E-state index is 0. The number of benzene rings is 2. The fourth-order valence-corrected chi connectivity index (χ4v) is 2.92. The maximum absolute atomic E-state index is 5.89. The van der Waals surface area contributed by atoms with Gasteiger partial charge >= 0.3 is 0 Å². The largest absolute Gasteiger partial charge is 0.492 e. The molecule has 5 nitrogen and oxygen atoms in total. The molecule has 136 valence electrons. The first-order valence-electron chi connectivity index (χ1n) is 8.61. The number of nitrogens with zero attached hydrogens (tertiary/aromatic N) is 2. The maximum atomic E-state index is 5.89. The molecule has 0 aliphatic carbocycles. The molecule has 0 bridgehead atoms. The molecule has 0 spiro atoms. The summed E-state index contributed by atoms with van der Waals surface area (Å²) in [7, 11) is 0. The summed E-state index contributed by atoms with van der Waals surface area (Å²) in [6.07, 6.45) is 6.10. The van der Waals surface area contributed by atoms with Gasteiger partial charge in [0.05, 0.1) is 5.69 Å².